The standard InChI is InChI=1S/C23H21ClN6O3/c1-15-12-16(24)6-7-21(15)33-14-30-11-9-20(28-30)23(32)26-18-5-3-4-17(13-18)25-22(31)19-8-10-29(2)27-19/h3-13H,14H2,1-2H3,(H,25,31)(H,26,32). The highest BCUT2D eigenvalue weighted by Crippen LogP contribution is 2.22. The lowest BCUT2D eigenvalue weighted by atomic mass is 10.2. The van der Waals surface area contributed by atoms with Crippen LogP contribution in [0.4, 0.5) is 11.4 Å². The van der Waals surface area contributed by atoms with Crippen LogP contribution in [0.1, 0.15) is 26.5 Å². The maximum atomic E-state index is 12.6. The molecule has 0 saturated carbocycles. The number of anilines is 2. The molecule has 2 heterocycles. The fourth-order valence-electron chi connectivity index (χ4n) is 3.07. The van der Waals surface area contributed by atoms with Gasteiger partial charge in [-0.25, -0.2) is 4.68 Å². The number of ether oxygens (including phenoxy) is 1. The van der Waals surface area contributed by atoms with E-state index in [0.717, 1.165) is 5.56 Å². The third-order valence-electron chi connectivity index (χ3n) is 4.69. The third-order valence-corrected chi connectivity index (χ3v) is 4.92. The fraction of sp³-hybridized carbons (Fsp3) is 0.130. The molecule has 0 spiro atoms. The van der Waals surface area contributed by atoms with Crippen LogP contribution in [-0.2, 0) is 13.8 Å². The molecule has 2 aromatic heterocycles. The molecule has 0 saturated heterocycles. The molecule has 0 aliphatic rings. The Kier molecular flexibility index (Phi) is 6.41. The highest BCUT2D eigenvalue weighted by atomic mass is 35.5. The van der Waals surface area contributed by atoms with Crippen molar-refractivity contribution in [1.82, 2.24) is 19.6 Å². The summed E-state index contributed by atoms with van der Waals surface area (Å²) >= 11 is 5.96. The van der Waals surface area contributed by atoms with Gasteiger partial charge in [-0.2, -0.15) is 10.2 Å². The molecule has 2 aromatic carbocycles. The third kappa shape index (κ3) is 5.58. The van der Waals surface area contributed by atoms with Crippen LogP contribution in [0, 0.1) is 6.92 Å². The van der Waals surface area contributed by atoms with Crippen molar-refractivity contribution in [3.05, 3.63) is 89.0 Å². The molecule has 2 N–H and O–H groups in total. The Morgan fingerprint density at radius 1 is 0.939 bits per heavy atom. The summed E-state index contributed by atoms with van der Waals surface area (Å²) < 4.78 is 8.81. The smallest absolute Gasteiger partial charge is 0.276 e. The lowest BCUT2D eigenvalue weighted by Gasteiger charge is -2.09. The molecule has 2 amide bonds. The minimum absolute atomic E-state index is 0.144. The van der Waals surface area contributed by atoms with E-state index >= 15 is 0 Å². The average Bonchev–Trinajstić information content (AvgIpc) is 3.43. The van der Waals surface area contributed by atoms with Crippen LogP contribution in [0.2, 0.25) is 5.02 Å². The molecule has 0 unspecified atom stereocenters. The lowest BCUT2D eigenvalue weighted by molar-refractivity contribution is 0.101. The van der Waals surface area contributed by atoms with Crippen LogP contribution < -0.4 is 15.4 Å². The monoisotopic (exact) mass is 464 g/mol. The minimum Gasteiger partial charge on any atom is -0.471 e. The predicted octanol–water partition coefficient (Wildman–Crippen LogP) is 4.12. The van der Waals surface area contributed by atoms with Gasteiger partial charge in [0, 0.05) is 35.8 Å². The second kappa shape index (κ2) is 9.58. The Hall–Kier alpha value is -4.11. The van der Waals surface area contributed by atoms with Crippen LogP contribution in [-0.4, -0.2) is 31.4 Å². The van der Waals surface area contributed by atoms with Crippen LogP contribution in [0.5, 0.6) is 5.75 Å². The highest BCUT2D eigenvalue weighted by molar-refractivity contribution is 6.30. The Balaban J connectivity index is 1.36. The first-order chi connectivity index (χ1) is 15.9. The average molecular weight is 465 g/mol. The van der Waals surface area contributed by atoms with Gasteiger partial charge in [0.1, 0.15) is 5.75 Å². The Bertz CT molecular complexity index is 1310. The number of carbonyl (C=O) groups excluding carboxylic acids is 2. The summed E-state index contributed by atoms with van der Waals surface area (Å²) in [7, 11) is 1.74. The molecule has 10 heteroatoms. The molecule has 9 nitrogen and oxygen atoms in total. The first-order valence-electron chi connectivity index (χ1n) is 10.0. The normalized spacial score (nSPS) is 10.6. The molecule has 0 atom stereocenters. The second-order valence-corrected chi connectivity index (χ2v) is 7.72. The Morgan fingerprint density at radius 3 is 2.24 bits per heavy atom. The molecule has 4 aromatic rings. The first kappa shape index (κ1) is 22.1. The van der Waals surface area contributed by atoms with E-state index in [1.54, 1.807) is 72.7 Å². The molecular formula is C23H21ClN6O3. The van der Waals surface area contributed by atoms with Crippen molar-refractivity contribution in [2.24, 2.45) is 7.05 Å². The van der Waals surface area contributed by atoms with Gasteiger partial charge in [0.15, 0.2) is 18.1 Å². The molecule has 0 bridgehead atoms. The van der Waals surface area contributed by atoms with Crippen molar-refractivity contribution in [1.29, 1.82) is 0 Å². The minimum atomic E-state index is -0.385. The predicted molar refractivity (Wildman–Crippen MR) is 125 cm³/mol. The van der Waals surface area contributed by atoms with Crippen LogP contribution in [0.15, 0.2) is 67.0 Å². The first-order valence-corrected chi connectivity index (χ1v) is 10.4. The summed E-state index contributed by atoms with van der Waals surface area (Å²) in [5, 5.41) is 14.5. The molecular weight excluding hydrogens is 444 g/mol. The molecule has 4 rings (SSSR count). The quantitative estimate of drug-likeness (QED) is 0.428. The van der Waals surface area contributed by atoms with Gasteiger partial charge in [-0.15, -0.1) is 0 Å². The van der Waals surface area contributed by atoms with Gasteiger partial charge in [0.2, 0.25) is 0 Å². The fourth-order valence-corrected chi connectivity index (χ4v) is 3.29. The number of nitrogens with one attached hydrogen (secondary N) is 2. The van der Waals surface area contributed by atoms with E-state index in [-0.39, 0.29) is 24.2 Å². The number of halogens is 1. The van der Waals surface area contributed by atoms with Crippen molar-refractivity contribution >= 4 is 34.8 Å². The van der Waals surface area contributed by atoms with Crippen molar-refractivity contribution < 1.29 is 14.3 Å². The van der Waals surface area contributed by atoms with E-state index < -0.39 is 0 Å². The summed E-state index contributed by atoms with van der Waals surface area (Å²) in [4.78, 5) is 24.9. The zero-order valence-electron chi connectivity index (χ0n) is 17.9. The van der Waals surface area contributed by atoms with E-state index in [0.29, 0.717) is 27.8 Å². The van der Waals surface area contributed by atoms with Gasteiger partial charge in [-0.05, 0) is 61.0 Å². The maximum absolute atomic E-state index is 12.6. The van der Waals surface area contributed by atoms with Gasteiger partial charge in [0.25, 0.3) is 11.8 Å². The van der Waals surface area contributed by atoms with Crippen LogP contribution in [0.25, 0.3) is 0 Å². The number of aromatic nitrogens is 4. The number of hydrogen-bond donors (Lipinski definition) is 2. The molecule has 33 heavy (non-hydrogen) atoms. The van der Waals surface area contributed by atoms with Crippen molar-refractivity contribution in [2.45, 2.75) is 13.7 Å². The van der Waals surface area contributed by atoms with Gasteiger partial charge >= 0.3 is 0 Å². The Morgan fingerprint density at radius 2 is 1.61 bits per heavy atom. The van der Waals surface area contributed by atoms with Crippen LogP contribution >= 0.6 is 11.6 Å². The number of nitrogens with zero attached hydrogens (tertiary/aromatic N) is 4. The number of hydrogen-bond acceptors (Lipinski definition) is 5. The zero-order valence-corrected chi connectivity index (χ0v) is 18.7. The lowest BCUT2D eigenvalue weighted by Crippen LogP contribution is -2.15. The maximum Gasteiger partial charge on any atom is 0.276 e. The molecule has 0 aliphatic carbocycles. The summed E-state index contributed by atoms with van der Waals surface area (Å²) in [5.74, 6) is -0.0381. The number of rotatable bonds is 7. The van der Waals surface area contributed by atoms with Crippen molar-refractivity contribution in [2.75, 3.05) is 10.6 Å². The molecule has 168 valence electrons. The summed E-state index contributed by atoms with van der Waals surface area (Å²) in [6.07, 6.45) is 3.34. The van der Waals surface area contributed by atoms with E-state index in [4.69, 9.17) is 16.3 Å². The zero-order chi connectivity index (χ0) is 23.4. The van der Waals surface area contributed by atoms with Gasteiger partial charge in [-0.3, -0.25) is 14.3 Å². The van der Waals surface area contributed by atoms with E-state index in [1.807, 2.05) is 13.0 Å². The van der Waals surface area contributed by atoms with Crippen LogP contribution in [0.3, 0.4) is 0 Å². The molecule has 0 radical (unpaired) electrons. The SMILES string of the molecule is Cc1cc(Cl)ccc1OCn1ccc(C(=O)Nc2cccc(NC(=O)c3ccn(C)n3)c2)n1. The second-order valence-electron chi connectivity index (χ2n) is 7.29. The van der Waals surface area contributed by atoms with E-state index in [2.05, 4.69) is 20.8 Å². The number of carbonyl (C=O) groups is 2. The summed E-state index contributed by atoms with van der Waals surface area (Å²) in [5.41, 5.74) is 2.48. The topological polar surface area (TPSA) is 103 Å². The van der Waals surface area contributed by atoms with Crippen molar-refractivity contribution in [3.63, 3.8) is 0 Å². The largest absolute Gasteiger partial charge is 0.471 e. The number of amides is 2. The summed E-state index contributed by atoms with van der Waals surface area (Å²) in [6.45, 7) is 2.04. The van der Waals surface area contributed by atoms with E-state index in [1.165, 1.54) is 4.68 Å². The van der Waals surface area contributed by atoms with Gasteiger partial charge in [-0.1, -0.05) is 17.7 Å². The molecule has 0 fully saturated rings. The number of benzene rings is 2. The van der Waals surface area contributed by atoms with E-state index in [9.17, 15) is 9.59 Å². The van der Waals surface area contributed by atoms with Gasteiger partial charge in [0.05, 0.1) is 0 Å². The molecule has 0 aliphatic heterocycles. The summed E-state index contributed by atoms with van der Waals surface area (Å²) in [6, 6.07) is 15.4. The Labute approximate surface area is 194 Å². The highest BCUT2D eigenvalue weighted by Gasteiger charge is 2.12. The van der Waals surface area contributed by atoms with Crippen molar-refractivity contribution in [3.8, 4) is 5.75 Å². The van der Waals surface area contributed by atoms with Gasteiger partial charge < -0.3 is 15.4 Å². The number of aryl methyl sites for hydroxylation is 2.